The summed E-state index contributed by atoms with van der Waals surface area (Å²) in [6.45, 7) is 4.84. The lowest BCUT2D eigenvalue weighted by Gasteiger charge is -2.71. The average molecular weight is 764 g/mol. The zero-order chi connectivity index (χ0) is 38.4. The number of nitrogens with zero attached hydrogens (tertiary/aromatic N) is 1. The third-order valence-electron chi connectivity index (χ3n) is 15.0. The predicted molar refractivity (Wildman–Crippen MR) is 209 cm³/mol. The first-order chi connectivity index (χ1) is 26.3. The Hall–Kier alpha value is -4.18. The summed E-state index contributed by atoms with van der Waals surface area (Å²) in [5, 5.41) is 28.1. The van der Waals surface area contributed by atoms with Crippen molar-refractivity contribution < 1.29 is 33.3 Å². The second-order valence-corrected chi connectivity index (χ2v) is 18.4. The molecule has 0 aliphatic heterocycles. The van der Waals surface area contributed by atoms with Crippen molar-refractivity contribution in [2.24, 2.45) is 33.5 Å². The molecular weight excluding hydrogens is 717 g/mol. The molecule has 6 nitrogen and oxygen atoms in total. The van der Waals surface area contributed by atoms with Crippen LogP contribution in [-0.4, -0.2) is 51.8 Å². The molecule has 2 bridgehead atoms. The summed E-state index contributed by atoms with van der Waals surface area (Å²) in [4.78, 5) is 31.7. The molecule has 8 atom stereocenters. The average Bonchev–Trinajstić information content (AvgIpc) is 3.79. The quantitative estimate of drug-likeness (QED) is 0.138. The number of amides is 1. The molecule has 55 heavy (non-hydrogen) atoms. The Morgan fingerprint density at radius 2 is 1.64 bits per heavy atom. The van der Waals surface area contributed by atoms with Crippen LogP contribution in [-0.2, 0) is 6.42 Å². The Morgan fingerprint density at radius 3 is 2.42 bits per heavy atom. The number of hydrogen-bond donors (Lipinski definition) is 2. The van der Waals surface area contributed by atoms with Gasteiger partial charge in [0.05, 0.1) is 18.2 Å². The second kappa shape index (κ2) is 12.9. The third-order valence-corrected chi connectivity index (χ3v) is 15.9. The molecule has 6 aliphatic rings. The number of fused-ring (bicyclic) bond motifs is 2. The number of ketones is 1. The Kier molecular flexibility index (Phi) is 8.57. The molecule has 3 fully saturated rings. The van der Waals surface area contributed by atoms with E-state index in [0.29, 0.717) is 56.4 Å². The molecule has 1 amide bonds. The van der Waals surface area contributed by atoms with E-state index in [-0.39, 0.29) is 35.1 Å². The largest absolute Gasteiger partial charge is 0.415 e. The summed E-state index contributed by atoms with van der Waals surface area (Å²) in [5.41, 5.74) is -2.98. The van der Waals surface area contributed by atoms with Gasteiger partial charge >= 0.3 is 6.09 Å². The highest BCUT2D eigenvalue weighted by Crippen LogP contribution is 2.78. The molecule has 2 N–H and O–H groups in total. The minimum absolute atomic E-state index is 0.0278. The Balaban J connectivity index is 1.08. The van der Waals surface area contributed by atoms with Crippen LogP contribution in [0.3, 0.4) is 0 Å². The van der Waals surface area contributed by atoms with Crippen molar-refractivity contribution in [3.63, 3.8) is 0 Å². The number of carbonyl (C=O) groups excluding carboxylic acids is 2. The summed E-state index contributed by atoms with van der Waals surface area (Å²) in [5.74, 6) is -2.15. The van der Waals surface area contributed by atoms with E-state index in [1.54, 1.807) is 22.3 Å². The number of aliphatic hydroxyl groups excluding tert-OH is 1. The zero-order valence-corrected chi connectivity index (χ0v) is 32.1. The molecule has 1 aromatic heterocycles. The van der Waals surface area contributed by atoms with Crippen molar-refractivity contribution >= 4 is 34.0 Å². The van der Waals surface area contributed by atoms with Gasteiger partial charge in [-0.15, -0.1) is 11.3 Å². The van der Waals surface area contributed by atoms with Crippen LogP contribution >= 0.6 is 11.3 Å². The van der Waals surface area contributed by atoms with E-state index in [0.717, 1.165) is 40.6 Å². The number of allylic oxidation sites excluding steroid dienone is 4. The highest BCUT2D eigenvalue weighted by molar-refractivity contribution is 7.09. The Labute approximate surface area is 324 Å². The maximum atomic E-state index is 14.7. The molecule has 10 rings (SSSR count). The number of hydrogen-bond acceptors (Lipinski definition) is 6. The maximum Gasteiger partial charge on any atom is 0.415 e. The van der Waals surface area contributed by atoms with Gasteiger partial charge < -0.3 is 19.8 Å². The number of halogens is 2. The first-order valence-corrected chi connectivity index (χ1v) is 20.5. The first kappa shape index (κ1) is 36.5. The predicted octanol–water partition coefficient (Wildman–Crippen LogP) is 9.70. The monoisotopic (exact) mass is 763 g/mol. The van der Waals surface area contributed by atoms with E-state index in [1.807, 2.05) is 53.9 Å². The number of aliphatic hydroxyl groups is 2. The lowest BCUT2D eigenvalue weighted by atomic mass is 9.32. The second-order valence-electron chi connectivity index (χ2n) is 17.4. The van der Waals surface area contributed by atoms with Gasteiger partial charge in [-0.1, -0.05) is 68.5 Å². The smallest absolute Gasteiger partial charge is 0.410 e. The molecule has 6 aliphatic carbocycles. The van der Waals surface area contributed by atoms with Crippen molar-refractivity contribution in [2.75, 3.05) is 13.1 Å². The lowest BCUT2D eigenvalue weighted by molar-refractivity contribution is -0.175. The number of carbonyl (C=O) groups is 2. The van der Waals surface area contributed by atoms with E-state index in [9.17, 15) is 28.6 Å². The Bertz CT molecular complexity index is 2260. The number of benzene rings is 3. The highest BCUT2D eigenvalue weighted by atomic mass is 32.1. The van der Waals surface area contributed by atoms with Crippen molar-refractivity contribution in [2.45, 2.75) is 76.9 Å². The van der Waals surface area contributed by atoms with Gasteiger partial charge in [-0.3, -0.25) is 4.79 Å². The normalized spacial score (nSPS) is 34.4. The van der Waals surface area contributed by atoms with E-state index in [2.05, 4.69) is 32.1 Å². The molecule has 8 unspecified atom stereocenters. The molecule has 0 saturated heterocycles. The van der Waals surface area contributed by atoms with Crippen LogP contribution in [0.2, 0.25) is 0 Å². The van der Waals surface area contributed by atoms with Gasteiger partial charge in [-0.25, -0.2) is 13.6 Å². The van der Waals surface area contributed by atoms with Crippen LogP contribution < -0.4 is 4.74 Å². The minimum atomic E-state index is -1.31. The van der Waals surface area contributed by atoms with E-state index in [1.165, 1.54) is 6.07 Å². The van der Waals surface area contributed by atoms with Crippen LogP contribution in [0.4, 0.5) is 13.6 Å². The number of ether oxygens (including phenoxy) is 1. The summed E-state index contributed by atoms with van der Waals surface area (Å²) >= 11 is 1.62. The topological polar surface area (TPSA) is 87.1 Å². The molecule has 1 heterocycles. The van der Waals surface area contributed by atoms with Gasteiger partial charge in [0.1, 0.15) is 5.75 Å². The van der Waals surface area contributed by atoms with Crippen LogP contribution in [0.25, 0.3) is 10.8 Å². The van der Waals surface area contributed by atoms with Gasteiger partial charge in [-0.05, 0) is 121 Å². The van der Waals surface area contributed by atoms with Gasteiger partial charge in [0.2, 0.25) is 0 Å². The molecular formula is C46H47F2NO5S. The third kappa shape index (κ3) is 5.43. The number of rotatable bonds is 8. The fourth-order valence-corrected chi connectivity index (χ4v) is 12.7. The van der Waals surface area contributed by atoms with Gasteiger partial charge in [0, 0.05) is 38.8 Å². The molecule has 3 aromatic carbocycles. The molecule has 9 heteroatoms. The summed E-state index contributed by atoms with van der Waals surface area (Å²) in [6.07, 6.45) is 10.4. The fraction of sp³-hybridized carbons (Fsp3) is 0.435. The number of Topliss-reactive ketones (excluding diaryl/α,β-unsaturated/α-hetero) is 1. The first-order valence-electron chi connectivity index (χ1n) is 19.6. The molecule has 286 valence electrons. The van der Waals surface area contributed by atoms with Gasteiger partial charge in [-0.2, -0.15) is 0 Å². The van der Waals surface area contributed by atoms with Crippen LogP contribution in [0.5, 0.6) is 5.75 Å². The molecule has 2 spiro atoms. The highest BCUT2D eigenvalue weighted by Gasteiger charge is 2.74. The van der Waals surface area contributed by atoms with Crippen LogP contribution in [0, 0.1) is 45.1 Å². The number of thiophene rings is 1. The Morgan fingerprint density at radius 1 is 0.873 bits per heavy atom. The van der Waals surface area contributed by atoms with Gasteiger partial charge in [0.25, 0.3) is 0 Å². The standard InChI is InChI=1S/C46H47F2NO5S/c1-42-17-13-32(50)26-44(42)20-21-46(35(27-44)40(51)31-10-12-36(47)37(48)25-31)38(42)14-18-43(2)39(46)15-19-45(43,53)28-49(22-16-34-8-5-23-55-34)41(52)54-33-11-9-29-6-3-4-7-30(29)24-33/h3-12,20-21,23-25,27,32,38-39,50,53H,13-19,22,26,28H2,1-2H3. The summed E-state index contributed by atoms with van der Waals surface area (Å²) in [7, 11) is 0. The zero-order valence-electron chi connectivity index (χ0n) is 31.3. The van der Waals surface area contributed by atoms with E-state index >= 15 is 0 Å². The van der Waals surface area contributed by atoms with Crippen molar-refractivity contribution in [1.29, 1.82) is 0 Å². The van der Waals surface area contributed by atoms with E-state index < -0.39 is 45.7 Å². The van der Waals surface area contributed by atoms with E-state index in [4.69, 9.17) is 4.74 Å². The van der Waals surface area contributed by atoms with Crippen molar-refractivity contribution in [3.8, 4) is 5.75 Å². The maximum absolute atomic E-state index is 14.7. The SMILES string of the molecule is CC12CCC(O)CC13C=CC1(C(C(=O)c4ccc(F)c(F)c4)=C3)C2CCC2(C)C1CCC2(O)CN(CCc1cccs1)C(=O)Oc1ccc2ccccc2c1. The lowest BCUT2D eigenvalue weighted by Crippen LogP contribution is -2.67. The van der Waals surface area contributed by atoms with Gasteiger partial charge in [0.15, 0.2) is 17.4 Å². The molecule has 3 saturated carbocycles. The fourth-order valence-electron chi connectivity index (χ4n) is 12.0. The van der Waals surface area contributed by atoms with Crippen LogP contribution in [0.15, 0.2) is 102 Å². The molecule has 0 radical (unpaired) electrons. The molecule has 4 aromatic rings. The summed E-state index contributed by atoms with van der Waals surface area (Å²) in [6, 6.07) is 20.8. The summed E-state index contributed by atoms with van der Waals surface area (Å²) < 4.78 is 34.8. The van der Waals surface area contributed by atoms with Crippen molar-refractivity contribution in [3.05, 3.63) is 124 Å². The van der Waals surface area contributed by atoms with Crippen LogP contribution in [0.1, 0.15) is 74.0 Å². The minimum Gasteiger partial charge on any atom is -0.410 e. The van der Waals surface area contributed by atoms with Crippen molar-refractivity contribution in [1.82, 2.24) is 4.90 Å².